The molecule has 70 valence electrons. The fourth-order valence-electron chi connectivity index (χ4n) is 1.80. The van der Waals surface area contributed by atoms with Crippen LogP contribution >= 0.6 is 11.3 Å². The van der Waals surface area contributed by atoms with Crippen molar-refractivity contribution in [2.75, 3.05) is 13.1 Å². The Balaban J connectivity index is 2.09. The fraction of sp³-hybridized carbons (Fsp3) is 0.500. The Bertz CT molecular complexity index is 289. The SMILES string of the molecule is O=Cc1cc(C2CCNCC2)cs1. The van der Waals surface area contributed by atoms with Crippen LogP contribution in [0.25, 0.3) is 0 Å². The first-order valence-electron chi connectivity index (χ1n) is 4.64. The summed E-state index contributed by atoms with van der Waals surface area (Å²) >= 11 is 1.55. The van der Waals surface area contributed by atoms with Crippen LogP contribution in [0, 0.1) is 0 Å². The molecule has 0 aromatic carbocycles. The molecule has 2 rings (SSSR count). The standard InChI is InChI=1S/C10H13NOS/c12-6-10-5-9(7-13-10)8-1-3-11-4-2-8/h5-8,11H,1-4H2. The predicted octanol–water partition coefficient (Wildman–Crippen LogP) is 2.03. The lowest BCUT2D eigenvalue weighted by atomic mass is 9.92. The molecule has 0 aliphatic carbocycles. The minimum absolute atomic E-state index is 0.672. The average Bonchev–Trinajstić information content (AvgIpc) is 2.67. The molecule has 0 radical (unpaired) electrons. The lowest BCUT2D eigenvalue weighted by Crippen LogP contribution is -2.26. The molecule has 0 saturated carbocycles. The van der Waals surface area contributed by atoms with E-state index in [0.29, 0.717) is 5.92 Å². The van der Waals surface area contributed by atoms with E-state index in [1.54, 1.807) is 11.3 Å². The van der Waals surface area contributed by atoms with Crippen LogP contribution in [0.15, 0.2) is 11.4 Å². The van der Waals surface area contributed by atoms with Gasteiger partial charge in [-0.05, 0) is 48.9 Å². The van der Waals surface area contributed by atoms with Crippen molar-refractivity contribution in [1.82, 2.24) is 5.32 Å². The first-order chi connectivity index (χ1) is 6.40. The molecular weight excluding hydrogens is 182 g/mol. The first-order valence-corrected chi connectivity index (χ1v) is 5.52. The highest BCUT2D eigenvalue weighted by Gasteiger charge is 2.15. The van der Waals surface area contributed by atoms with Gasteiger partial charge < -0.3 is 5.32 Å². The Labute approximate surface area is 82.0 Å². The summed E-state index contributed by atoms with van der Waals surface area (Å²) in [4.78, 5) is 11.4. The highest BCUT2D eigenvalue weighted by molar-refractivity contribution is 7.11. The van der Waals surface area contributed by atoms with E-state index in [0.717, 1.165) is 24.3 Å². The van der Waals surface area contributed by atoms with Crippen LogP contribution in [0.3, 0.4) is 0 Å². The zero-order valence-electron chi connectivity index (χ0n) is 7.45. The van der Waals surface area contributed by atoms with Gasteiger partial charge in [-0.25, -0.2) is 0 Å². The summed E-state index contributed by atoms with van der Waals surface area (Å²) in [5.41, 5.74) is 1.36. The summed E-state index contributed by atoms with van der Waals surface area (Å²) in [6.45, 7) is 2.22. The Kier molecular flexibility index (Phi) is 2.76. The van der Waals surface area contributed by atoms with E-state index in [-0.39, 0.29) is 0 Å². The second-order valence-corrected chi connectivity index (χ2v) is 4.37. The molecule has 1 saturated heterocycles. The first kappa shape index (κ1) is 8.91. The van der Waals surface area contributed by atoms with Gasteiger partial charge in [0, 0.05) is 0 Å². The van der Waals surface area contributed by atoms with Crippen molar-refractivity contribution >= 4 is 17.6 Å². The summed E-state index contributed by atoms with van der Waals surface area (Å²) < 4.78 is 0. The second-order valence-electron chi connectivity index (χ2n) is 3.42. The van der Waals surface area contributed by atoms with Gasteiger partial charge in [-0.3, -0.25) is 4.79 Å². The largest absolute Gasteiger partial charge is 0.317 e. The number of hydrogen-bond donors (Lipinski definition) is 1. The summed E-state index contributed by atoms with van der Waals surface area (Å²) in [5.74, 6) is 0.672. The Morgan fingerprint density at radius 3 is 2.85 bits per heavy atom. The molecule has 1 aliphatic heterocycles. The van der Waals surface area contributed by atoms with E-state index in [2.05, 4.69) is 10.7 Å². The highest BCUT2D eigenvalue weighted by Crippen LogP contribution is 2.28. The molecule has 2 heterocycles. The van der Waals surface area contributed by atoms with Crippen molar-refractivity contribution in [3.63, 3.8) is 0 Å². The van der Waals surface area contributed by atoms with E-state index in [1.165, 1.54) is 18.4 Å². The fourth-order valence-corrected chi connectivity index (χ4v) is 2.59. The number of nitrogens with one attached hydrogen (secondary N) is 1. The van der Waals surface area contributed by atoms with Crippen molar-refractivity contribution in [2.45, 2.75) is 18.8 Å². The lowest BCUT2D eigenvalue weighted by Gasteiger charge is -2.21. The molecule has 0 unspecified atom stereocenters. The van der Waals surface area contributed by atoms with Gasteiger partial charge in [-0.2, -0.15) is 0 Å². The van der Waals surface area contributed by atoms with Gasteiger partial charge in [0.1, 0.15) is 0 Å². The number of rotatable bonds is 2. The minimum atomic E-state index is 0.672. The van der Waals surface area contributed by atoms with Crippen LogP contribution in [0.1, 0.15) is 34.0 Å². The van der Waals surface area contributed by atoms with Crippen LogP contribution in [-0.4, -0.2) is 19.4 Å². The van der Waals surface area contributed by atoms with Gasteiger partial charge >= 0.3 is 0 Å². The maximum Gasteiger partial charge on any atom is 0.160 e. The third-order valence-electron chi connectivity index (χ3n) is 2.57. The molecule has 0 bridgehead atoms. The maximum atomic E-state index is 10.5. The molecule has 1 aliphatic rings. The van der Waals surface area contributed by atoms with E-state index in [4.69, 9.17) is 0 Å². The van der Waals surface area contributed by atoms with Crippen LogP contribution in [0.5, 0.6) is 0 Å². The molecule has 2 nitrogen and oxygen atoms in total. The molecule has 3 heteroatoms. The normalized spacial score (nSPS) is 18.8. The van der Waals surface area contributed by atoms with Crippen LogP contribution in [-0.2, 0) is 0 Å². The van der Waals surface area contributed by atoms with Gasteiger partial charge in [0.25, 0.3) is 0 Å². The zero-order valence-corrected chi connectivity index (χ0v) is 8.27. The lowest BCUT2D eigenvalue weighted by molar-refractivity contribution is 0.112. The van der Waals surface area contributed by atoms with E-state index >= 15 is 0 Å². The number of carbonyl (C=O) groups is 1. The summed E-state index contributed by atoms with van der Waals surface area (Å²) in [5, 5.41) is 5.46. The molecule has 1 N–H and O–H groups in total. The molecule has 0 amide bonds. The summed E-state index contributed by atoms with van der Waals surface area (Å²) in [6.07, 6.45) is 3.35. The molecular formula is C10H13NOS. The van der Waals surface area contributed by atoms with Crippen molar-refractivity contribution in [2.24, 2.45) is 0 Å². The van der Waals surface area contributed by atoms with Crippen LogP contribution in [0.2, 0.25) is 0 Å². The predicted molar refractivity (Wildman–Crippen MR) is 54.6 cm³/mol. The molecule has 1 aromatic heterocycles. The molecule has 13 heavy (non-hydrogen) atoms. The number of hydrogen-bond acceptors (Lipinski definition) is 3. The number of thiophene rings is 1. The van der Waals surface area contributed by atoms with Crippen molar-refractivity contribution < 1.29 is 4.79 Å². The Morgan fingerprint density at radius 1 is 1.46 bits per heavy atom. The smallest absolute Gasteiger partial charge is 0.160 e. The molecule has 1 fully saturated rings. The monoisotopic (exact) mass is 195 g/mol. The topological polar surface area (TPSA) is 29.1 Å². The molecule has 0 spiro atoms. The van der Waals surface area contributed by atoms with Gasteiger partial charge in [0.15, 0.2) is 6.29 Å². The Hall–Kier alpha value is -0.670. The Morgan fingerprint density at radius 2 is 2.23 bits per heavy atom. The average molecular weight is 195 g/mol. The van der Waals surface area contributed by atoms with Crippen molar-refractivity contribution in [1.29, 1.82) is 0 Å². The summed E-state index contributed by atoms with van der Waals surface area (Å²) in [6, 6.07) is 2.04. The van der Waals surface area contributed by atoms with E-state index < -0.39 is 0 Å². The van der Waals surface area contributed by atoms with Crippen molar-refractivity contribution in [3.05, 3.63) is 21.9 Å². The van der Waals surface area contributed by atoms with E-state index in [1.807, 2.05) is 6.07 Å². The van der Waals surface area contributed by atoms with Crippen LogP contribution < -0.4 is 5.32 Å². The van der Waals surface area contributed by atoms with Crippen LogP contribution in [0.4, 0.5) is 0 Å². The van der Waals surface area contributed by atoms with E-state index in [9.17, 15) is 4.79 Å². The maximum absolute atomic E-state index is 10.5. The number of aldehydes is 1. The highest BCUT2D eigenvalue weighted by atomic mass is 32.1. The third kappa shape index (κ3) is 1.98. The number of piperidine rings is 1. The van der Waals surface area contributed by atoms with Gasteiger partial charge in [0.05, 0.1) is 4.88 Å². The summed E-state index contributed by atoms with van der Waals surface area (Å²) in [7, 11) is 0. The van der Waals surface area contributed by atoms with Gasteiger partial charge in [-0.15, -0.1) is 11.3 Å². The van der Waals surface area contributed by atoms with Crippen molar-refractivity contribution in [3.8, 4) is 0 Å². The molecule has 1 aromatic rings. The number of carbonyl (C=O) groups excluding carboxylic acids is 1. The zero-order chi connectivity index (χ0) is 9.10. The molecule has 0 atom stereocenters. The van der Waals surface area contributed by atoms with Gasteiger partial charge in [0.2, 0.25) is 0 Å². The minimum Gasteiger partial charge on any atom is -0.317 e. The second kappa shape index (κ2) is 4.03. The van der Waals surface area contributed by atoms with Gasteiger partial charge in [-0.1, -0.05) is 0 Å². The quantitative estimate of drug-likeness (QED) is 0.732. The third-order valence-corrected chi connectivity index (χ3v) is 3.44.